The summed E-state index contributed by atoms with van der Waals surface area (Å²) in [5.41, 5.74) is -7.22. The molecule has 6 aliphatic rings. The van der Waals surface area contributed by atoms with Gasteiger partial charge in [-0.15, -0.1) is 61.6 Å². The topological polar surface area (TPSA) is 271 Å². The van der Waals surface area contributed by atoms with Crippen LogP contribution in [0.5, 0.6) is 0 Å². The Morgan fingerprint density at radius 2 is 0.467 bits per heavy atom. The molecule has 9 rings (SSSR count). The Balaban J connectivity index is 1.11. The van der Waals surface area contributed by atoms with E-state index < -0.39 is 66.5 Å². The smallest absolute Gasteiger partial charge is 0.233 e. The lowest BCUT2D eigenvalue weighted by Gasteiger charge is -2.57. The summed E-state index contributed by atoms with van der Waals surface area (Å²) in [5, 5.41) is 105. The molecule has 0 atom stereocenters. The standard InChI is InChI=1S/C66H110N18O6/c1-55(2)29-43(30-56(3,4)79(55)85)69-51-71-49(73-53(75-51)77(45-33-59(9,10)81(87)60(11,12)34-45)46-35-61(13,14)82(88)62(15,16)36-46)67-41-25-27-42(28-26-41)68-50-72-52(70-44-31-57(5,6)80(86)58(7,8)32-44)76-54(74-50)78(47-37-63(17,18)83(89)64(19,20)38-47)48-39-65(21,22)84(90)66(23,24)40-48/h25-28,43-48H,29-40H2,1-24H3,(H2,67,69,71,73,75)(H2,68,70,72,74,76). The predicted octanol–water partition coefficient (Wildman–Crippen LogP) is 12.2. The minimum atomic E-state index is -0.732. The minimum Gasteiger partial charge on any atom is -0.351 e. The van der Waals surface area contributed by atoms with Gasteiger partial charge in [-0.05, 0) is 267 Å². The molecule has 1 aromatic carbocycles. The highest BCUT2D eigenvalue weighted by Gasteiger charge is 2.56. The summed E-state index contributed by atoms with van der Waals surface area (Å²) in [6.07, 6.45) is 6.37. The number of anilines is 8. The van der Waals surface area contributed by atoms with Gasteiger partial charge in [0.05, 0.1) is 0 Å². The maximum atomic E-state index is 14.0. The van der Waals surface area contributed by atoms with Crippen LogP contribution in [0.4, 0.5) is 47.1 Å². The van der Waals surface area contributed by atoms with Crippen LogP contribution in [0.1, 0.15) is 243 Å². The highest BCUT2D eigenvalue weighted by atomic mass is 16.5. The van der Waals surface area contributed by atoms with Gasteiger partial charge in [-0.2, -0.15) is 29.9 Å². The van der Waals surface area contributed by atoms with Gasteiger partial charge in [0.1, 0.15) is 0 Å². The molecule has 0 unspecified atom stereocenters. The highest BCUT2D eigenvalue weighted by molar-refractivity contribution is 5.63. The van der Waals surface area contributed by atoms with Gasteiger partial charge in [0.2, 0.25) is 35.7 Å². The summed E-state index contributed by atoms with van der Waals surface area (Å²) in [7, 11) is 0. The Labute approximate surface area is 537 Å². The zero-order valence-corrected chi connectivity index (χ0v) is 59.0. The summed E-state index contributed by atoms with van der Waals surface area (Å²) < 4.78 is 0. The summed E-state index contributed by atoms with van der Waals surface area (Å²) in [5.74, 6) is 2.09. The van der Waals surface area contributed by atoms with E-state index in [9.17, 15) is 31.2 Å². The first-order valence-electron chi connectivity index (χ1n) is 33.0. The van der Waals surface area contributed by atoms with Crippen LogP contribution in [-0.2, 0) is 31.2 Å². The van der Waals surface area contributed by atoms with Crippen LogP contribution < -0.4 is 31.1 Å². The molecule has 90 heavy (non-hydrogen) atoms. The fraction of sp³-hybridized carbons (Fsp3) is 0.818. The molecule has 0 bridgehead atoms. The highest BCUT2D eigenvalue weighted by Crippen LogP contribution is 2.49. The molecule has 6 saturated heterocycles. The van der Waals surface area contributed by atoms with Crippen LogP contribution in [0, 0.1) is 0 Å². The Morgan fingerprint density at radius 1 is 0.289 bits per heavy atom. The van der Waals surface area contributed by atoms with Crippen molar-refractivity contribution in [1.29, 1.82) is 0 Å². The third-order valence-corrected chi connectivity index (χ3v) is 20.8. The molecule has 6 aliphatic heterocycles. The van der Waals surface area contributed by atoms with Crippen LogP contribution in [0.25, 0.3) is 0 Å². The second kappa shape index (κ2) is 23.2. The van der Waals surface area contributed by atoms with Crippen LogP contribution >= 0.6 is 0 Å². The van der Waals surface area contributed by atoms with Crippen molar-refractivity contribution < 1.29 is 31.2 Å². The van der Waals surface area contributed by atoms with E-state index in [4.69, 9.17) is 29.9 Å². The molecule has 4 N–H and O–H groups in total. The maximum Gasteiger partial charge on any atom is 0.233 e. The molecule has 24 heteroatoms. The molecule has 0 amide bonds. The lowest BCUT2D eigenvalue weighted by Crippen LogP contribution is -2.67. The Hall–Kier alpha value is -4.44. The van der Waals surface area contributed by atoms with Crippen molar-refractivity contribution in [1.82, 2.24) is 60.3 Å². The van der Waals surface area contributed by atoms with Crippen molar-refractivity contribution >= 4 is 47.1 Å². The van der Waals surface area contributed by atoms with Crippen LogP contribution in [0.2, 0.25) is 0 Å². The molecule has 6 radical (unpaired) electrons. The summed E-state index contributed by atoms with van der Waals surface area (Å²) >= 11 is 0. The van der Waals surface area contributed by atoms with Gasteiger partial charge >= 0.3 is 0 Å². The van der Waals surface area contributed by atoms with Crippen LogP contribution in [-0.4, -0.2) is 163 Å². The lowest BCUT2D eigenvalue weighted by molar-refractivity contribution is -0.294. The Bertz CT molecular complexity index is 2670. The lowest BCUT2D eigenvalue weighted by atomic mass is 9.74. The van der Waals surface area contributed by atoms with Crippen molar-refractivity contribution in [2.45, 2.75) is 346 Å². The zero-order valence-electron chi connectivity index (χ0n) is 59.0. The molecular weight excluding hydrogens is 1140 g/mol. The number of aromatic nitrogens is 6. The van der Waals surface area contributed by atoms with Gasteiger partial charge in [-0.25, -0.2) is 0 Å². The molecule has 0 aliphatic carbocycles. The van der Waals surface area contributed by atoms with Gasteiger partial charge in [0.25, 0.3) is 0 Å². The average Bonchev–Trinajstić information content (AvgIpc) is 0.764. The second-order valence-corrected chi connectivity index (χ2v) is 35.5. The van der Waals surface area contributed by atoms with Crippen molar-refractivity contribution in [2.24, 2.45) is 0 Å². The SMILES string of the molecule is CC1(C)CC(Nc2nc(Nc3ccc(Nc4nc(NC5CC(C)(C)N([O])C(C)(C)C5)nc(N(C5CC(C)(C)N([O])C(C)(C)C5)C5CC(C)(C)N([O])C(C)(C)C5)n4)cc3)nc(N(C3CC(C)(C)N([O])C(C)(C)C3)C3CC(C)(C)N([O])C(C)(C)C3)n2)CC(C)(C)N1[O]. The van der Waals surface area contributed by atoms with E-state index >= 15 is 0 Å². The zero-order chi connectivity index (χ0) is 67.1. The largest absolute Gasteiger partial charge is 0.351 e. The van der Waals surface area contributed by atoms with E-state index in [1.807, 2.05) is 190 Å². The second-order valence-electron chi connectivity index (χ2n) is 35.5. The first-order valence-corrected chi connectivity index (χ1v) is 33.0. The van der Waals surface area contributed by atoms with Gasteiger partial charge < -0.3 is 31.1 Å². The van der Waals surface area contributed by atoms with E-state index in [1.54, 1.807) is 0 Å². The fourth-order valence-electron chi connectivity index (χ4n) is 18.1. The molecule has 2 aromatic heterocycles. The Morgan fingerprint density at radius 3 is 0.667 bits per heavy atom. The van der Waals surface area contributed by atoms with Gasteiger partial charge in [-0.3, -0.25) is 0 Å². The number of hydroxylamine groups is 12. The van der Waals surface area contributed by atoms with Crippen molar-refractivity contribution in [3.63, 3.8) is 0 Å². The molecule has 8 heterocycles. The van der Waals surface area contributed by atoms with Crippen molar-refractivity contribution in [3.05, 3.63) is 24.3 Å². The van der Waals surface area contributed by atoms with Crippen LogP contribution in [0.3, 0.4) is 0 Å². The van der Waals surface area contributed by atoms with Gasteiger partial charge in [0.15, 0.2) is 0 Å². The molecule has 0 saturated carbocycles. The quantitative estimate of drug-likeness (QED) is 0.117. The number of nitrogens with one attached hydrogen (secondary N) is 4. The number of hydrogen-bond acceptors (Lipinski definition) is 18. The normalized spacial score (nSPS) is 27.4. The van der Waals surface area contributed by atoms with Crippen molar-refractivity contribution in [3.8, 4) is 0 Å². The van der Waals surface area contributed by atoms with E-state index in [-0.39, 0.29) is 48.1 Å². The molecule has 24 nitrogen and oxygen atoms in total. The number of benzene rings is 1. The molecule has 3 aromatic rings. The molecule has 6 fully saturated rings. The average molecular weight is 1250 g/mol. The summed E-state index contributed by atoms with van der Waals surface area (Å²) in [4.78, 5) is 35.9. The first-order chi connectivity index (χ1) is 40.9. The molecule has 0 spiro atoms. The Kier molecular flexibility index (Phi) is 18.0. The molecule has 500 valence electrons. The van der Waals surface area contributed by atoms with E-state index in [0.717, 1.165) is 0 Å². The third-order valence-electron chi connectivity index (χ3n) is 20.8. The maximum absolute atomic E-state index is 14.0. The van der Waals surface area contributed by atoms with Crippen molar-refractivity contribution in [2.75, 3.05) is 31.1 Å². The monoisotopic (exact) mass is 1250 g/mol. The number of piperidine rings is 6. The van der Waals surface area contributed by atoms with E-state index in [2.05, 4.69) is 31.1 Å². The predicted molar refractivity (Wildman–Crippen MR) is 347 cm³/mol. The fourth-order valence-corrected chi connectivity index (χ4v) is 18.1. The number of nitrogens with zero attached hydrogens (tertiary/aromatic N) is 14. The first kappa shape index (κ1) is 69.9. The molecular formula is C66H110N18O6. The van der Waals surface area contributed by atoms with E-state index in [0.29, 0.717) is 112 Å². The van der Waals surface area contributed by atoms with Gasteiger partial charge in [0, 0.05) is 114 Å². The summed E-state index contributed by atoms with van der Waals surface area (Å²) in [6, 6.07) is 6.59. The van der Waals surface area contributed by atoms with Gasteiger partial charge in [-0.1, -0.05) is 0 Å². The third kappa shape index (κ3) is 14.0. The van der Waals surface area contributed by atoms with Crippen LogP contribution in [0.15, 0.2) is 24.3 Å². The summed E-state index contributed by atoms with van der Waals surface area (Å²) in [6.45, 7) is 47.7. The minimum absolute atomic E-state index is 0.164. The van der Waals surface area contributed by atoms with E-state index in [1.165, 1.54) is 30.4 Å². The number of rotatable bonds is 14. The number of hydrogen-bond donors (Lipinski definition) is 4.